The Morgan fingerprint density at radius 1 is 1.18 bits per heavy atom. The molecule has 0 aliphatic rings. The van der Waals surface area contributed by atoms with Crippen LogP contribution < -0.4 is 10.6 Å². The van der Waals surface area contributed by atoms with Crippen LogP contribution in [0.25, 0.3) is 0 Å². The molecular weight excluding hydrogens is 274 g/mol. The number of guanidine groups is 1. The Morgan fingerprint density at radius 3 is 2.55 bits per heavy atom. The smallest absolute Gasteiger partial charge is 0.191 e. The van der Waals surface area contributed by atoms with E-state index in [2.05, 4.69) is 67.6 Å². The van der Waals surface area contributed by atoms with E-state index in [0.717, 1.165) is 25.5 Å². The van der Waals surface area contributed by atoms with Gasteiger partial charge in [-0.25, -0.2) is 0 Å². The zero-order valence-corrected chi connectivity index (χ0v) is 14.7. The number of aliphatic imine (C=N–C) groups is 1. The standard InChI is InChI=1S/C18H31N3O/c1-6-7-11-20-17(19-5)21-13-15-9-8-10-16(12-15)14-22-18(2,3)4/h8-10,12H,6-7,11,13-14H2,1-5H3,(H2,19,20,21). The number of unbranched alkanes of at least 4 members (excludes halogenated alkanes) is 1. The molecular formula is C18H31N3O. The number of rotatable bonds is 7. The number of benzene rings is 1. The third-order valence-corrected chi connectivity index (χ3v) is 3.17. The Bertz CT molecular complexity index is 464. The van der Waals surface area contributed by atoms with Gasteiger partial charge in [0.15, 0.2) is 5.96 Å². The second-order valence-electron chi connectivity index (χ2n) is 6.43. The molecule has 0 radical (unpaired) electrons. The molecule has 0 saturated heterocycles. The fourth-order valence-corrected chi connectivity index (χ4v) is 1.92. The summed E-state index contributed by atoms with van der Waals surface area (Å²) in [6.07, 6.45) is 2.33. The highest BCUT2D eigenvalue weighted by Crippen LogP contribution is 2.13. The van der Waals surface area contributed by atoms with Gasteiger partial charge in [-0.15, -0.1) is 0 Å². The van der Waals surface area contributed by atoms with E-state index in [1.165, 1.54) is 17.5 Å². The minimum absolute atomic E-state index is 0.112. The summed E-state index contributed by atoms with van der Waals surface area (Å²) in [5, 5.41) is 6.66. The van der Waals surface area contributed by atoms with Crippen LogP contribution in [-0.4, -0.2) is 25.2 Å². The first-order chi connectivity index (χ1) is 10.4. The molecule has 0 aromatic heterocycles. The van der Waals surface area contributed by atoms with Crippen molar-refractivity contribution in [1.29, 1.82) is 0 Å². The zero-order valence-electron chi connectivity index (χ0n) is 14.7. The summed E-state index contributed by atoms with van der Waals surface area (Å²) in [6, 6.07) is 8.47. The molecule has 0 unspecified atom stereocenters. The van der Waals surface area contributed by atoms with E-state index in [1.54, 1.807) is 7.05 Å². The van der Waals surface area contributed by atoms with Crippen LogP contribution in [0.15, 0.2) is 29.3 Å². The SMILES string of the molecule is CCCCNC(=NC)NCc1cccc(COC(C)(C)C)c1. The Morgan fingerprint density at radius 2 is 1.91 bits per heavy atom. The molecule has 0 fully saturated rings. The third-order valence-electron chi connectivity index (χ3n) is 3.17. The van der Waals surface area contributed by atoms with Crippen molar-refractivity contribution >= 4 is 5.96 Å². The van der Waals surface area contributed by atoms with Gasteiger partial charge < -0.3 is 15.4 Å². The van der Waals surface area contributed by atoms with Crippen LogP contribution in [0.4, 0.5) is 0 Å². The molecule has 4 heteroatoms. The van der Waals surface area contributed by atoms with Crippen LogP contribution in [0.2, 0.25) is 0 Å². The molecule has 4 nitrogen and oxygen atoms in total. The lowest BCUT2D eigenvalue weighted by molar-refractivity contribution is -0.0149. The molecule has 0 heterocycles. The van der Waals surface area contributed by atoms with Crippen molar-refractivity contribution in [3.8, 4) is 0 Å². The second kappa shape index (κ2) is 9.46. The molecule has 0 atom stereocenters. The van der Waals surface area contributed by atoms with E-state index >= 15 is 0 Å². The number of hydrogen-bond donors (Lipinski definition) is 2. The van der Waals surface area contributed by atoms with E-state index in [-0.39, 0.29) is 5.60 Å². The van der Waals surface area contributed by atoms with Crippen molar-refractivity contribution in [2.75, 3.05) is 13.6 Å². The summed E-state index contributed by atoms with van der Waals surface area (Å²) >= 11 is 0. The summed E-state index contributed by atoms with van der Waals surface area (Å²) in [5.74, 6) is 0.852. The molecule has 1 aromatic rings. The minimum atomic E-state index is -0.112. The summed E-state index contributed by atoms with van der Waals surface area (Å²) in [5.41, 5.74) is 2.32. The van der Waals surface area contributed by atoms with Crippen molar-refractivity contribution in [3.05, 3.63) is 35.4 Å². The predicted octanol–water partition coefficient (Wildman–Crippen LogP) is 3.47. The fourth-order valence-electron chi connectivity index (χ4n) is 1.92. The Labute approximate surface area is 135 Å². The molecule has 2 N–H and O–H groups in total. The summed E-state index contributed by atoms with van der Waals surface area (Å²) in [6.45, 7) is 10.8. The Kier molecular flexibility index (Phi) is 7.96. The van der Waals surface area contributed by atoms with Gasteiger partial charge >= 0.3 is 0 Å². The van der Waals surface area contributed by atoms with E-state index in [4.69, 9.17) is 4.74 Å². The van der Waals surface area contributed by atoms with Crippen LogP contribution in [0.3, 0.4) is 0 Å². The van der Waals surface area contributed by atoms with Crippen LogP contribution in [-0.2, 0) is 17.9 Å². The Hall–Kier alpha value is -1.55. The summed E-state index contributed by atoms with van der Waals surface area (Å²) in [7, 11) is 1.80. The van der Waals surface area contributed by atoms with Gasteiger partial charge in [-0.3, -0.25) is 4.99 Å². The lowest BCUT2D eigenvalue weighted by Gasteiger charge is -2.19. The van der Waals surface area contributed by atoms with E-state index in [9.17, 15) is 0 Å². The molecule has 0 spiro atoms. The van der Waals surface area contributed by atoms with Gasteiger partial charge in [0, 0.05) is 20.1 Å². The van der Waals surface area contributed by atoms with Gasteiger partial charge in [0.05, 0.1) is 12.2 Å². The number of hydrogen-bond acceptors (Lipinski definition) is 2. The second-order valence-corrected chi connectivity index (χ2v) is 6.43. The number of nitrogens with zero attached hydrogens (tertiary/aromatic N) is 1. The predicted molar refractivity (Wildman–Crippen MR) is 94.1 cm³/mol. The van der Waals surface area contributed by atoms with Crippen molar-refractivity contribution in [3.63, 3.8) is 0 Å². The molecule has 1 aromatic carbocycles. The van der Waals surface area contributed by atoms with Gasteiger partial charge in [-0.1, -0.05) is 37.6 Å². The summed E-state index contributed by atoms with van der Waals surface area (Å²) < 4.78 is 5.83. The van der Waals surface area contributed by atoms with Crippen LogP contribution >= 0.6 is 0 Å². The van der Waals surface area contributed by atoms with Gasteiger partial charge in [0.1, 0.15) is 0 Å². The maximum Gasteiger partial charge on any atom is 0.191 e. The minimum Gasteiger partial charge on any atom is -0.371 e. The van der Waals surface area contributed by atoms with Gasteiger partial charge in [-0.2, -0.15) is 0 Å². The molecule has 0 amide bonds. The van der Waals surface area contributed by atoms with Crippen LogP contribution in [0, 0.1) is 0 Å². The highest BCUT2D eigenvalue weighted by molar-refractivity contribution is 5.79. The van der Waals surface area contributed by atoms with Gasteiger partial charge in [0.25, 0.3) is 0 Å². The number of nitrogens with one attached hydrogen (secondary N) is 2. The number of ether oxygens (including phenoxy) is 1. The quantitative estimate of drug-likeness (QED) is 0.461. The molecule has 22 heavy (non-hydrogen) atoms. The van der Waals surface area contributed by atoms with Crippen LogP contribution in [0.5, 0.6) is 0 Å². The third kappa shape index (κ3) is 8.03. The molecule has 124 valence electrons. The lowest BCUT2D eigenvalue weighted by atomic mass is 10.1. The monoisotopic (exact) mass is 305 g/mol. The average molecular weight is 305 g/mol. The first-order valence-corrected chi connectivity index (χ1v) is 8.11. The average Bonchev–Trinajstić information content (AvgIpc) is 2.48. The van der Waals surface area contributed by atoms with E-state index in [1.807, 2.05) is 0 Å². The normalized spacial score (nSPS) is 12.3. The maximum absolute atomic E-state index is 5.83. The largest absolute Gasteiger partial charge is 0.371 e. The van der Waals surface area contributed by atoms with Crippen molar-refractivity contribution in [2.45, 2.75) is 59.3 Å². The van der Waals surface area contributed by atoms with E-state index in [0.29, 0.717) is 6.61 Å². The topological polar surface area (TPSA) is 45.7 Å². The molecule has 0 saturated carbocycles. The molecule has 1 rings (SSSR count). The van der Waals surface area contributed by atoms with Crippen molar-refractivity contribution in [1.82, 2.24) is 10.6 Å². The first kappa shape index (κ1) is 18.5. The zero-order chi connectivity index (χ0) is 16.4. The highest BCUT2D eigenvalue weighted by atomic mass is 16.5. The van der Waals surface area contributed by atoms with Crippen molar-refractivity contribution in [2.24, 2.45) is 4.99 Å². The van der Waals surface area contributed by atoms with Crippen molar-refractivity contribution < 1.29 is 4.74 Å². The maximum atomic E-state index is 5.83. The molecule has 0 bridgehead atoms. The summed E-state index contributed by atoms with van der Waals surface area (Å²) in [4.78, 5) is 4.24. The van der Waals surface area contributed by atoms with Crippen LogP contribution in [0.1, 0.15) is 51.7 Å². The van der Waals surface area contributed by atoms with Gasteiger partial charge in [-0.05, 0) is 38.3 Å². The van der Waals surface area contributed by atoms with Gasteiger partial charge in [0.2, 0.25) is 0 Å². The molecule has 0 aliphatic heterocycles. The Balaban J connectivity index is 2.48. The molecule has 0 aliphatic carbocycles. The lowest BCUT2D eigenvalue weighted by Crippen LogP contribution is -2.37. The highest BCUT2D eigenvalue weighted by Gasteiger charge is 2.10. The fraction of sp³-hybridized carbons (Fsp3) is 0.611. The first-order valence-electron chi connectivity index (χ1n) is 8.11. The van der Waals surface area contributed by atoms with E-state index < -0.39 is 0 Å².